The third kappa shape index (κ3) is 7.83. The van der Waals surface area contributed by atoms with Crippen LogP contribution in [0.2, 0.25) is 0 Å². The fraction of sp³-hybridized carbons (Fsp3) is 0.323. The Morgan fingerprint density at radius 2 is 1.57 bits per heavy atom. The van der Waals surface area contributed by atoms with E-state index in [1.807, 2.05) is 62.6 Å². The Labute approximate surface area is 210 Å². The first-order valence-corrected chi connectivity index (χ1v) is 12.3. The number of para-hydroxylation sites is 1. The molecular formula is C31H37NO3. The van der Waals surface area contributed by atoms with Crippen LogP contribution in [0.5, 0.6) is 11.5 Å². The summed E-state index contributed by atoms with van der Waals surface area (Å²) >= 11 is 0. The first kappa shape index (κ1) is 26.2. The normalized spacial score (nSPS) is 11.3. The van der Waals surface area contributed by atoms with Crippen LogP contribution in [0.25, 0.3) is 17.2 Å². The number of ketones is 1. The molecule has 3 aromatic rings. The molecule has 0 N–H and O–H groups in total. The van der Waals surface area contributed by atoms with E-state index in [1.54, 1.807) is 6.08 Å². The Morgan fingerprint density at radius 3 is 2.29 bits per heavy atom. The predicted molar refractivity (Wildman–Crippen MR) is 146 cm³/mol. The van der Waals surface area contributed by atoms with Crippen molar-refractivity contribution in [2.75, 3.05) is 33.9 Å². The molecular weight excluding hydrogens is 434 g/mol. The lowest BCUT2D eigenvalue weighted by Gasteiger charge is -2.15. The van der Waals surface area contributed by atoms with Crippen molar-refractivity contribution < 1.29 is 14.3 Å². The van der Waals surface area contributed by atoms with Crippen LogP contribution in [0.3, 0.4) is 0 Å². The van der Waals surface area contributed by atoms with E-state index in [0.29, 0.717) is 24.5 Å². The second-order valence-electron chi connectivity index (χ2n) is 9.18. The van der Waals surface area contributed by atoms with Gasteiger partial charge in [0.25, 0.3) is 0 Å². The van der Waals surface area contributed by atoms with E-state index in [0.717, 1.165) is 41.8 Å². The van der Waals surface area contributed by atoms with Crippen molar-refractivity contribution in [2.24, 2.45) is 0 Å². The van der Waals surface area contributed by atoms with Gasteiger partial charge in [0.15, 0.2) is 5.78 Å². The number of hydrogen-bond donors (Lipinski definition) is 0. The lowest BCUT2D eigenvalue weighted by molar-refractivity contribution is 0.104. The van der Waals surface area contributed by atoms with Crippen LogP contribution in [0, 0.1) is 13.8 Å². The van der Waals surface area contributed by atoms with Crippen LogP contribution in [-0.2, 0) is 0 Å². The molecule has 35 heavy (non-hydrogen) atoms. The van der Waals surface area contributed by atoms with Crippen LogP contribution < -0.4 is 9.47 Å². The summed E-state index contributed by atoms with van der Waals surface area (Å²) in [6.45, 7) is 8.25. The monoisotopic (exact) mass is 471 g/mol. The van der Waals surface area contributed by atoms with Crippen LogP contribution in [0.4, 0.5) is 0 Å². The van der Waals surface area contributed by atoms with Gasteiger partial charge in [-0.05, 0) is 75.8 Å². The van der Waals surface area contributed by atoms with Gasteiger partial charge in [-0.2, -0.15) is 0 Å². The van der Waals surface area contributed by atoms with Crippen molar-refractivity contribution in [1.82, 2.24) is 4.90 Å². The number of ether oxygens (including phenoxy) is 2. The molecule has 0 saturated heterocycles. The van der Waals surface area contributed by atoms with Gasteiger partial charge in [0, 0.05) is 12.1 Å². The predicted octanol–water partition coefficient (Wildman–Crippen LogP) is 6.99. The van der Waals surface area contributed by atoms with E-state index in [1.165, 1.54) is 11.1 Å². The maximum atomic E-state index is 13.4. The summed E-state index contributed by atoms with van der Waals surface area (Å²) in [6, 6.07) is 20.1. The van der Waals surface area contributed by atoms with Crippen molar-refractivity contribution in [3.63, 3.8) is 0 Å². The van der Waals surface area contributed by atoms with Gasteiger partial charge in [0.2, 0.25) is 0 Å². The second-order valence-corrected chi connectivity index (χ2v) is 9.18. The average Bonchev–Trinajstić information content (AvgIpc) is 2.82. The van der Waals surface area contributed by atoms with Gasteiger partial charge in [0.1, 0.15) is 18.1 Å². The van der Waals surface area contributed by atoms with Crippen LogP contribution in [-0.4, -0.2) is 44.5 Å². The highest BCUT2D eigenvalue weighted by Gasteiger charge is 2.14. The molecule has 3 aromatic carbocycles. The van der Waals surface area contributed by atoms with Gasteiger partial charge in [0.05, 0.1) is 12.2 Å². The lowest BCUT2D eigenvalue weighted by Crippen LogP contribution is -2.20. The maximum absolute atomic E-state index is 13.4. The van der Waals surface area contributed by atoms with Gasteiger partial charge >= 0.3 is 0 Å². The van der Waals surface area contributed by atoms with E-state index >= 15 is 0 Å². The molecule has 0 spiro atoms. The van der Waals surface area contributed by atoms with E-state index in [4.69, 9.17) is 9.47 Å². The molecule has 4 heteroatoms. The van der Waals surface area contributed by atoms with Crippen molar-refractivity contribution in [1.29, 1.82) is 0 Å². The topological polar surface area (TPSA) is 38.8 Å². The highest BCUT2D eigenvalue weighted by atomic mass is 16.5. The summed E-state index contributed by atoms with van der Waals surface area (Å²) in [7, 11) is 4.00. The number of carbonyl (C=O) groups is 1. The number of hydrogen-bond acceptors (Lipinski definition) is 4. The summed E-state index contributed by atoms with van der Waals surface area (Å²) in [4.78, 5) is 15.5. The minimum absolute atomic E-state index is 0.0977. The van der Waals surface area contributed by atoms with Crippen molar-refractivity contribution >= 4 is 11.9 Å². The molecule has 0 heterocycles. The fourth-order valence-electron chi connectivity index (χ4n) is 3.84. The number of nitrogens with zero attached hydrogens (tertiary/aromatic N) is 1. The van der Waals surface area contributed by atoms with E-state index in [9.17, 15) is 4.79 Å². The third-order valence-electron chi connectivity index (χ3n) is 5.68. The smallest absolute Gasteiger partial charge is 0.189 e. The second kappa shape index (κ2) is 12.9. The molecule has 0 saturated carbocycles. The zero-order valence-corrected chi connectivity index (χ0v) is 21.6. The molecule has 0 aliphatic rings. The Kier molecular flexibility index (Phi) is 9.68. The standard InChI is InChI=1S/C31H37NO3/c1-6-7-17-34-30-11-9-8-10-25(30)12-14-29(33)28-22-26(27-20-23(2)19-24(3)21-27)13-15-31(28)35-18-16-32(4)5/h8-15,19-22H,6-7,16-18H2,1-5H3/b14-12+. The van der Waals surface area contributed by atoms with Crippen LogP contribution >= 0.6 is 0 Å². The molecule has 184 valence electrons. The molecule has 0 aromatic heterocycles. The van der Waals surface area contributed by atoms with Gasteiger partial charge in [-0.15, -0.1) is 0 Å². The molecule has 3 rings (SSSR count). The van der Waals surface area contributed by atoms with Crippen LogP contribution in [0.15, 0.2) is 66.7 Å². The molecule has 0 amide bonds. The number of carbonyl (C=O) groups excluding carboxylic acids is 1. The summed E-state index contributed by atoms with van der Waals surface area (Å²) in [5.41, 5.74) is 5.92. The molecule has 4 nitrogen and oxygen atoms in total. The third-order valence-corrected chi connectivity index (χ3v) is 5.68. The Balaban J connectivity index is 1.92. The van der Waals surface area contributed by atoms with E-state index < -0.39 is 0 Å². The maximum Gasteiger partial charge on any atom is 0.189 e. The SMILES string of the molecule is CCCCOc1ccccc1/C=C/C(=O)c1cc(-c2cc(C)cc(C)c2)ccc1OCCN(C)C. The molecule has 0 bridgehead atoms. The molecule has 0 aliphatic heterocycles. The number of unbranched alkanes of at least 4 members (excludes halogenated alkanes) is 1. The van der Waals surface area contributed by atoms with Gasteiger partial charge < -0.3 is 14.4 Å². The summed E-state index contributed by atoms with van der Waals surface area (Å²) in [6.07, 6.45) is 5.51. The largest absolute Gasteiger partial charge is 0.493 e. The quantitative estimate of drug-likeness (QED) is 0.162. The first-order valence-electron chi connectivity index (χ1n) is 12.3. The minimum atomic E-state index is -0.0977. The number of likely N-dealkylation sites (N-methyl/N-ethyl adjacent to an activating group) is 1. The van der Waals surface area contributed by atoms with Crippen molar-refractivity contribution in [3.05, 3.63) is 89.0 Å². The Morgan fingerprint density at radius 1 is 0.857 bits per heavy atom. The molecule has 0 unspecified atom stereocenters. The Hall–Kier alpha value is -3.37. The number of allylic oxidation sites excluding steroid dienone is 1. The molecule has 0 fully saturated rings. The average molecular weight is 472 g/mol. The van der Waals surface area contributed by atoms with Crippen LogP contribution in [0.1, 0.15) is 46.8 Å². The highest BCUT2D eigenvalue weighted by molar-refractivity contribution is 6.09. The summed E-state index contributed by atoms with van der Waals surface area (Å²) in [5.74, 6) is 1.29. The molecule has 0 aliphatic carbocycles. The van der Waals surface area contributed by atoms with Gasteiger partial charge in [-0.1, -0.05) is 66.9 Å². The first-order chi connectivity index (χ1) is 16.9. The summed E-state index contributed by atoms with van der Waals surface area (Å²) < 4.78 is 11.9. The zero-order valence-electron chi connectivity index (χ0n) is 21.6. The number of aryl methyl sites for hydroxylation is 2. The van der Waals surface area contributed by atoms with Gasteiger partial charge in [-0.25, -0.2) is 0 Å². The van der Waals surface area contributed by atoms with Gasteiger partial charge in [-0.3, -0.25) is 4.79 Å². The number of benzene rings is 3. The zero-order chi connectivity index (χ0) is 25.2. The van der Waals surface area contributed by atoms with Crippen molar-refractivity contribution in [2.45, 2.75) is 33.6 Å². The van der Waals surface area contributed by atoms with Crippen molar-refractivity contribution in [3.8, 4) is 22.6 Å². The minimum Gasteiger partial charge on any atom is -0.493 e. The molecule has 0 radical (unpaired) electrons. The number of rotatable bonds is 12. The lowest BCUT2D eigenvalue weighted by atomic mass is 9.97. The van der Waals surface area contributed by atoms with E-state index in [2.05, 4.69) is 43.9 Å². The highest BCUT2D eigenvalue weighted by Crippen LogP contribution is 2.29. The Bertz CT molecular complexity index is 1140. The fourth-order valence-corrected chi connectivity index (χ4v) is 3.84. The molecule has 0 atom stereocenters. The van der Waals surface area contributed by atoms with E-state index in [-0.39, 0.29) is 5.78 Å². The summed E-state index contributed by atoms with van der Waals surface area (Å²) in [5, 5.41) is 0.